The first kappa shape index (κ1) is 14.6. The molecule has 0 bridgehead atoms. The summed E-state index contributed by atoms with van der Waals surface area (Å²) in [6.45, 7) is 0.719. The summed E-state index contributed by atoms with van der Waals surface area (Å²) < 4.78 is 9.24. The summed E-state index contributed by atoms with van der Waals surface area (Å²) in [7, 11) is 0. The van der Waals surface area contributed by atoms with Crippen molar-refractivity contribution in [3.05, 3.63) is 60.2 Å². The van der Waals surface area contributed by atoms with Crippen LogP contribution in [0.3, 0.4) is 0 Å². The molecule has 21 heavy (non-hydrogen) atoms. The Hall–Kier alpha value is -2.80. The van der Waals surface area contributed by atoms with Crippen LogP contribution in [0.25, 0.3) is 0 Å². The van der Waals surface area contributed by atoms with E-state index in [0.29, 0.717) is 13.5 Å². The van der Waals surface area contributed by atoms with Gasteiger partial charge in [-0.05, 0) is 12.1 Å². The topological polar surface area (TPSA) is 82.2 Å². The molecule has 0 unspecified atom stereocenters. The average Bonchev–Trinajstić information content (AvgIpc) is 2.49. The maximum absolute atomic E-state index is 8.50. The van der Waals surface area contributed by atoms with E-state index in [1.54, 1.807) is 12.4 Å². The molecule has 0 aliphatic rings. The van der Waals surface area contributed by atoms with Crippen LogP contribution in [0.2, 0.25) is 0 Å². The quantitative estimate of drug-likeness (QED) is 0.352. The number of hydrogen-bond acceptors (Lipinski definition) is 5. The Morgan fingerprint density at radius 2 is 1.38 bits per heavy atom. The molecule has 2 aromatic heterocycles. The molecule has 2 aromatic rings. The van der Waals surface area contributed by atoms with Gasteiger partial charge in [-0.15, -0.1) is 0 Å². The summed E-state index contributed by atoms with van der Waals surface area (Å²) in [6.07, 6.45) is 10.0. The van der Waals surface area contributed by atoms with E-state index in [2.05, 4.69) is 10.3 Å². The summed E-state index contributed by atoms with van der Waals surface area (Å²) in [5.74, 6) is 0. The highest BCUT2D eigenvalue weighted by atomic mass is 16.5. The minimum Gasteiger partial charge on any atom is -0.411 e. The zero-order valence-corrected chi connectivity index (χ0v) is 11.3. The smallest absolute Gasteiger partial charge is 0.257 e. The average molecular weight is 288 g/mol. The van der Waals surface area contributed by atoms with Crippen molar-refractivity contribution < 1.29 is 24.3 Å². The van der Waals surface area contributed by atoms with Gasteiger partial charge in [0.15, 0.2) is 24.8 Å². The minimum absolute atomic E-state index is 0.360. The fraction of sp³-hybridized carbons (Fsp3) is 0.143. The van der Waals surface area contributed by atoms with Gasteiger partial charge in [-0.25, -0.2) is 0 Å². The molecule has 0 saturated heterocycles. The molecule has 0 spiro atoms. The summed E-state index contributed by atoms with van der Waals surface area (Å²) in [4.78, 5) is 0. The maximum Gasteiger partial charge on any atom is 0.257 e. The van der Waals surface area contributed by atoms with Crippen LogP contribution in [-0.4, -0.2) is 22.8 Å². The third-order valence-electron chi connectivity index (χ3n) is 2.66. The first-order chi connectivity index (χ1) is 10.3. The van der Waals surface area contributed by atoms with Crippen molar-refractivity contribution in [2.24, 2.45) is 10.3 Å². The molecule has 0 atom stereocenters. The number of pyridine rings is 2. The number of ether oxygens (including phenoxy) is 1. The Balaban J connectivity index is 1.92. The van der Waals surface area contributed by atoms with E-state index in [4.69, 9.17) is 15.2 Å². The molecule has 7 heteroatoms. The molecule has 108 valence electrons. The highest BCUT2D eigenvalue weighted by Crippen LogP contribution is 1.91. The Bertz CT molecular complexity index is 588. The molecule has 2 rings (SSSR count). The van der Waals surface area contributed by atoms with E-state index >= 15 is 0 Å². The van der Waals surface area contributed by atoms with E-state index in [-0.39, 0.29) is 0 Å². The zero-order chi connectivity index (χ0) is 14.9. The SMILES string of the molecule is O/N=C\c1ccc[n+](COC[n+]2cccc(/C=N/O)c2)c1. The van der Waals surface area contributed by atoms with Crippen molar-refractivity contribution >= 4 is 12.4 Å². The zero-order valence-electron chi connectivity index (χ0n) is 11.3. The van der Waals surface area contributed by atoms with E-state index < -0.39 is 0 Å². The largest absolute Gasteiger partial charge is 0.411 e. The Morgan fingerprint density at radius 3 is 1.81 bits per heavy atom. The Kier molecular flexibility index (Phi) is 5.36. The standard InChI is InChI=1S/C14H14N4O3/c19-15-7-13-3-1-5-17(9-13)11-21-12-18-6-2-4-14(10-18)8-16-20/h1-10H,11-12H2/p+2/b15-7-,16-8+. The maximum atomic E-state index is 8.50. The van der Waals surface area contributed by atoms with Crippen LogP contribution in [0.15, 0.2) is 59.4 Å². The van der Waals surface area contributed by atoms with Crippen molar-refractivity contribution in [2.75, 3.05) is 0 Å². The van der Waals surface area contributed by atoms with Crippen LogP contribution in [0.1, 0.15) is 11.1 Å². The van der Waals surface area contributed by atoms with Gasteiger partial charge in [-0.3, -0.25) is 4.74 Å². The van der Waals surface area contributed by atoms with Crippen molar-refractivity contribution in [2.45, 2.75) is 13.5 Å². The van der Waals surface area contributed by atoms with Gasteiger partial charge in [0.1, 0.15) is 0 Å². The molecule has 0 fully saturated rings. The molecule has 0 radical (unpaired) electrons. The van der Waals surface area contributed by atoms with Crippen molar-refractivity contribution in [3.8, 4) is 0 Å². The predicted octanol–water partition coefficient (Wildman–Crippen LogP) is 0.510. The van der Waals surface area contributed by atoms with Crippen LogP contribution < -0.4 is 9.13 Å². The fourth-order valence-corrected chi connectivity index (χ4v) is 1.78. The summed E-state index contributed by atoms with van der Waals surface area (Å²) >= 11 is 0. The molecule has 2 heterocycles. The van der Waals surface area contributed by atoms with Gasteiger partial charge in [0.2, 0.25) is 0 Å². The second-order valence-corrected chi connectivity index (χ2v) is 4.25. The second-order valence-electron chi connectivity index (χ2n) is 4.25. The Labute approximate surface area is 121 Å². The van der Waals surface area contributed by atoms with Crippen LogP contribution in [0.4, 0.5) is 0 Å². The fourth-order valence-electron chi connectivity index (χ4n) is 1.78. The summed E-state index contributed by atoms with van der Waals surface area (Å²) in [5, 5.41) is 23.0. The molecule has 0 aliphatic heterocycles. The predicted molar refractivity (Wildman–Crippen MR) is 73.1 cm³/mol. The summed E-state index contributed by atoms with van der Waals surface area (Å²) in [5.41, 5.74) is 1.55. The third-order valence-corrected chi connectivity index (χ3v) is 2.66. The molecule has 2 N–H and O–H groups in total. The van der Waals surface area contributed by atoms with Crippen LogP contribution >= 0.6 is 0 Å². The molecule has 0 aromatic carbocycles. The first-order valence-electron chi connectivity index (χ1n) is 6.22. The van der Waals surface area contributed by atoms with Gasteiger partial charge >= 0.3 is 0 Å². The normalized spacial score (nSPS) is 11.4. The Morgan fingerprint density at radius 1 is 0.905 bits per heavy atom. The number of rotatable bonds is 6. The lowest BCUT2D eigenvalue weighted by Gasteiger charge is -1.99. The molecular weight excluding hydrogens is 272 g/mol. The summed E-state index contributed by atoms with van der Waals surface area (Å²) in [6, 6.07) is 7.32. The van der Waals surface area contributed by atoms with E-state index in [1.807, 2.05) is 45.8 Å². The van der Waals surface area contributed by atoms with Gasteiger partial charge < -0.3 is 10.4 Å². The van der Waals surface area contributed by atoms with Crippen molar-refractivity contribution in [1.29, 1.82) is 0 Å². The molecular formula is C14H16N4O3+2. The van der Waals surface area contributed by atoms with Crippen molar-refractivity contribution in [1.82, 2.24) is 0 Å². The highest BCUT2D eigenvalue weighted by Gasteiger charge is 2.05. The molecule has 0 saturated carbocycles. The number of oxime groups is 2. The van der Waals surface area contributed by atoms with Crippen LogP contribution in [-0.2, 0) is 18.2 Å². The first-order valence-corrected chi connectivity index (χ1v) is 6.22. The van der Waals surface area contributed by atoms with Crippen LogP contribution in [0, 0.1) is 0 Å². The van der Waals surface area contributed by atoms with Crippen molar-refractivity contribution in [3.63, 3.8) is 0 Å². The van der Waals surface area contributed by atoms with E-state index in [1.165, 1.54) is 12.4 Å². The number of hydrogen-bond donors (Lipinski definition) is 2. The minimum atomic E-state index is 0.360. The lowest BCUT2D eigenvalue weighted by atomic mass is 10.3. The number of aromatic nitrogens is 2. The monoisotopic (exact) mass is 288 g/mol. The molecule has 7 nitrogen and oxygen atoms in total. The lowest BCUT2D eigenvalue weighted by Crippen LogP contribution is -2.40. The third kappa shape index (κ3) is 4.66. The van der Waals surface area contributed by atoms with E-state index in [0.717, 1.165) is 11.1 Å². The van der Waals surface area contributed by atoms with Crippen LogP contribution in [0.5, 0.6) is 0 Å². The second kappa shape index (κ2) is 7.71. The van der Waals surface area contributed by atoms with Gasteiger partial charge in [-0.1, -0.05) is 10.3 Å². The van der Waals surface area contributed by atoms with E-state index in [9.17, 15) is 0 Å². The molecule has 0 aliphatic carbocycles. The highest BCUT2D eigenvalue weighted by molar-refractivity contribution is 5.78. The van der Waals surface area contributed by atoms with Gasteiger partial charge in [0.25, 0.3) is 13.5 Å². The molecule has 0 amide bonds. The van der Waals surface area contributed by atoms with Gasteiger partial charge in [0.05, 0.1) is 23.6 Å². The van der Waals surface area contributed by atoms with Gasteiger partial charge in [-0.2, -0.15) is 9.13 Å². The van der Waals surface area contributed by atoms with Gasteiger partial charge in [0, 0.05) is 12.1 Å². The lowest BCUT2D eigenvalue weighted by molar-refractivity contribution is -0.788. The number of nitrogens with zero attached hydrogens (tertiary/aromatic N) is 4.